The quantitative estimate of drug-likeness (QED) is 0.606. The number of rotatable bonds is 4. The Morgan fingerprint density at radius 1 is 1.67 bits per heavy atom. The summed E-state index contributed by atoms with van der Waals surface area (Å²) < 4.78 is 5.33. The molecule has 0 fully saturated rings. The van der Waals surface area contributed by atoms with Gasteiger partial charge in [-0.25, -0.2) is 0 Å². The van der Waals surface area contributed by atoms with Gasteiger partial charge in [0.1, 0.15) is 0 Å². The minimum atomic E-state index is -0.676. The van der Waals surface area contributed by atoms with Crippen molar-refractivity contribution in [3.05, 3.63) is 0 Å². The van der Waals surface area contributed by atoms with Crippen LogP contribution in [0.15, 0.2) is 0 Å². The number of aliphatic hydroxyl groups is 1. The van der Waals surface area contributed by atoms with E-state index in [0.29, 0.717) is 4.60 Å². The monoisotopic (exact) mass is 239 g/mol. The van der Waals surface area contributed by atoms with Crippen molar-refractivity contribution in [3.8, 4) is 0 Å². The van der Waals surface area contributed by atoms with Crippen molar-refractivity contribution in [3.63, 3.8) is 0 Å². The zero-order valence-corrected chi connectivity index (χ0v) is 9.04. The van der Waals surface area contributed by atoms with Crippen molar-refractivity contribution in [2.75, 3.05) is 7.11 Å². The minimum absolute atomic E-state index is 0.203. The first-order chi connectivity index (χ1) is 5.49. The normalized spacial score (nSPS) is 14.7. The first-order valence-corrected chi connectivity index (χ1v) is 4.37. The molecule has 5 heteroatoms. The van der Waals surface area contributed by atoms with Gasteiger partial charge in [-0.2, -0.15) is 0 Å². The molecular weight excluding hydrogens is 225 g/mol. The predicted octanol–water partition coefficient (Wildman–Crippen LogP) is -1.18. The molecule has 0 rings (SSSR count). The van der Waals surface area contributed by atoms with E-state index in [1.54, 1.807) is 6.92 Å². The summed E-state index contributed by atoms with van der Waals surface area (Å²) in [5, 5.41) is 11.8. The molecule has 0 heterocycles. The number of hydrogen-bond acceptors (Lipinski definition) is 3. The summed E-state index contributed by atoms with van der Waals surface area (Å²) in [7, 11) is 1.48. The van der Waals surface area contributed by atoms with Crippen LogP contribution in [0.4, 0.5) is 0 Å². The average Bonchev–Trinajstić information content (AvgIpc) is 1.98. The molecule has 0 bridgehead atoms. The van der Waals surface area contributed by atoms with Gasteiger partial charge < -0.3 is 0 Å². The molecule has 0 aliphatic carbocycles. The van der Waals surface area contributed by atoms with Gasteiger partial charge in [0.05, 0.1) is 0 Å². The number of ether oxygens (including phenoxy) is 1. The maximum atomic E-state index is 10.7. The molecule has 4 nitrogen and oxygen atoms in total. The fourth-order valence-corrected chi connectivity index (χ4v) is 1.26. The molecule has 0 aromatic carbocycles. The number of methoxy groups -OCH3 is 1. The average molecular weight is 238 g/mol. The molecule has 1 amide bonds. The van der Waals surface area contributed by atoms with Crippen molar-refractivity contribution >= 4 is 26.1 Å². The Kier molecular flexibility index (Phi) is 5.13. The molecule has 0 aromatic rings. The molecule has 0 radical (unpaired) electrons. The SMILES string of the molecule is COC(=[Se])C(NC(C)=O)C(C)O. The third-order valence-corrected chi connectivity index (χ3v) is 2.18. The van der Waals surface area contributed by atoms with Crippen molar-refractivity contribution < 1.29 is 14.6 Å². The zero-order chi connectivity index (χ0) is 9.72. The number of aliphatic hydroxyl groups excluding tert-OH is 1. The van der Waals surface area contributed by atoms with E-state index in [4.69, 9.17) is 4.74 Å². The Balaban J connectivity index is 4.23. The summed E-state index contributed by atoms with van der Waals surface area (Å²) in [4.78, 5) is 10.7. The van der Waals surface area contributed by atoms with E-state index in [1.165, 1.54) is 14.0 Å². The zero-order valence-electron chi connectivity index (χ0n) is 7.33. The van der Waals surface area contributed by atoms with Crippen LogP contribution in [0.1, 0.15) is 13.8 Å². The number of amides is 1. The molecule has 0 spiro atoms. The van der Waals surface area contributed by atoms with Crippen molar-refractivity contribution in [1.82, 2.24) is 5.32 Å². The van der Waals surface area contributed by atoms with E-state index in [2.05, 4.69) is 20.9 Å². The topological polar surface area (TPSA) is 58.6 Å². The summed E-state index contributed by atoms with van der Waals surface area (Å²) in [5.74, 6) is -0.203. The van der Waals surface area contributed by atoms with Crippen molar-refractivity contribution in [2.45, 2.75) is 26.0 Å². The van der Waals surface area contributed by atoms with Crippen LogP contribution in [0.2, 0.25) is 0 Å². The van der Waals surface area contributed by atoms with E-state index in [-0.39, 0.29) is 5.91 Å². The molecule has 0 saturated carbocycles. The van der Waals surface area contributed by atoms with Gasteiger partial charge in [-0.05, 0) is 0 Å². The standard InChI is InChI=1S/C7H13NO3Se/c1-4(9)6(7(12)11-3)8-5(2)10/h4,6,9H,1-3H3,(H,8,10). The fraction of sp³-hybridized carbons (Fsp3) is 0.714. The van der Waals surface area contributed by atoms with Gasteiger partial charge in [-0.1, -0.05) is 0 Å². The predicted molar refractivity (Wildman–Crippen MR) is 47.1 cm³/mol. The fourth-order valence-electron chi connectivity index (χ4n) is 0.722. The van der Waals surface area contributed by atoms with Gasteiger partial charge in [-0.3, -0.25) is 0 Å². The van der Waals surface area contributed by atoms with Crippen molar-refractivity contribution in [1.29, 1.82) is 0 Å². The van der Waals surface area contributed by atoms with Crippen LogP contribution in [0.3, 0.4) is 0 Å². The Morgan fingerprint density at radius 2 is 2.17 bits per heavy atom. The third-order valence-electron chi connectivity index (χ3n) is 1.30. The Morgan fingerprint density at radius 3 is 2.42 bits per heavy atom. The van der Waals surface area contributed by atoms with Crippen LogP contribution >= 0.6 is 0 Å². The second kappa shape index (κ2) is 5.30. The molecule has 12 heavy (non-hydrogen) atoms. The Hall–Kier alpha value is -0.381. The van der Waals surface area contributed by atoms with Crippen molar-refractivity contribution in [2.24, 2.45) is 0 Å². The molecular formula is C7H13NO3Se. The van der Waals surface area contributed by atoms with Crippen LogP contribution in [0.25, 0.3) is 0 Å². The molecule has 0 aromatic heterocycles. The summed E-state index contributed by atoms with van der Waals surface area (Å²) in [6.45, 7) is 2.97. The van der Waals surface area contributed by atoms with Gasteiger partial charge in [0.15, 0.2) is 0 Å². The maximum absolute atomic E-state index is 10.7. The van der Waals surface area contributed by atoms with E-state index in [9.17, 15) is 9.90 Å². The molecule has 2 unspecified atom stereocenters. The van der Waals surface area contributed by atoms with Crippen LogP contribution in [0, 0.1) is 0 Å². The van der Waals surface area contributed by atoms with E-state index < -0.39 is 12.1 Å². The Bertz CT molecular complexity index is 181. The van der Waals surface area contributed by atoms with E-state index in [1.807, 2.05) is 0 Å². The first kappa shape index (κ1) is 11.6. The molecule has 2 atom stereocenters. The number of carbonyl (C=O) groups excluding carboxylic acids is 1. The summed E-state index contributed by atoms with van der Waals surface area (Å²) >= 11 is 2.63. The van der Waals surface area contributed by atoms with Gasteiger partial charge in [0.2, 0.25) is 0 Å². The van der Waals surface area contributed by atoms with Crippen LogP contribution in [-0.4, -0.2) is 50.4 Å². The molecule has 0 saturated heterocycles. The number of hydrogen-bond donors (Lipinski definition) is 2. The van der Waals surface area contributed by atoms with Crippen LogP contribution in [-0.2, 0) is 9.53 Å². The Labute approximate surface area is 79.6 Å². The molecule has 0 aliphatic rings. The summed E-state index contributed by atoms with van der Waals surface area (Å²) in [6.07, 6.45) is -0.676. The molecule has 2 N–H and O–H groups in total. The van der Waals surface area contributed by atoms with Crippen LogP contribution < -0.4 is 5.32 Å². The van der Waals surface area contributed by atoms with E-state index >= 15 is 0 Å². The van der Waals surface area contributed by atoms with Gasteiger partial charge in [0, 0.05) is 0 Å². The van der Waals surface area contributed by atoms with Gasteiger partial charge in [0.25, 0.3) is 0 Å². The summed E-state index contributed by atoms with van der Waals surface area (Å²) in [5.41, 5.74) is 0. The second-order valence-electron chi connectivity index (χ2n) is 2.44. The second-order valence-corrected chi connectivity index (χ2v) is 3.29. The van der Waals surface area contributed by atoms with E-state index in [0.717, 1.165) is 0 Å². The summed E-state index contributed by atoms with van der Waals surface area (Å²) in [6, 6.07) is -0.479. The first-order valence-electron chi connectivity index (χ1n) is 3.52. The van der Waals surface area contributed by atoms with Gasteiger partial charge >= 0.3 is 79.1 Å². The third kappa shape index (κ3) is 3.85. The molecule has 0 aliphatic heterocycles. The number of carbonyl (C=O) groups is 1. The number of nitrogens with one attached hydrogen (secondary N) is 1. The van der Waals surface area contributed by atoms with Gasteiger partial charge in [-0.15, -0.1) is 0 Å². The molecule has 70 valence electrons. The van der Waals surface area contributed by atoms with Crippen LogP contribution in [0.5, 0.6) is 0 Å².